The number of aromatic nitrogens is 1. The molecule has 0 aliphatic heterocycles. The van der Waals surface area contributed by atoms with Crippen LogP contribution in [0, 0.1) is 0 Å². The molecule has 2 rings (SSSR count). The van der Waals surface area contributed by atoms with Crippen LogP contribution in [0.25, 0.3) is 11.1 Å². The molecule has 0 spiro atoms. The summed E-state index contributed by atoms with van der Waals surface area (Å²) in [6.07, 6.45) is 0. The molecule has 0 unspecified atom stereocenters. The highest BCUT2D eigenvalue weighted by Gasteiger charge is 2.23. The Bertz CT molecular complexity index is 689. The molecule has 1 aromatic carbocycles. The minimum Gasteiger partial charge on any atom is -0.408 e. The van der Waals surface area contributed by atoms with Crippen molar-refractivity contribution in [3.8, 4) is 0 Å². The van der Waals surface area contributed by atoms with Gasteiger partial charge in [0.05, 0.1) is 11.4 Å². The van der Waals surface area contributed by atoms with E-state index >= 15 is 0 Å². The number of hydrogen-bond donors (Lipinski definition) is 0. The Balaban J connectivity index is 2.35. The molecule has 0 bridgehead atoms. The van der Waals surface area contributed by atoms with Gasteiger partial charge in [-0.05, 0) is 29.6 Å². The number of fused-ring (bicyclic) bond motifs is 1. The molecule has 0 aliphatic rings. The molecule has 2 aromatic rings. The third kappa shape index (κ3) is 3.07. The first-order chi connectivity index (χ1) is 8.99. The predicted molar refractivity (Wildman–Crippen MR) is 74.7 cm³/mol. The molecule has 19 heavy (non-hydrogen) atoms. The van der Waals surface area contributed by atoms with Crippen molar-refractivity contribution in [1.29, 1.82) is 0 Å². The minimum atomic E-state index is -3.25. The van der Waals surface area contributed by atoms with Crippen LogP contribution in [0.3, 0.4) is 0 Å². The van der Waals surface area contributed by atoms with Crippen LogP contribution in [0.4, 0.5) is 0 Å². The molecule has 0 amide bonds. The van der Waals surface area contributed by atoms with Crippen molar-refractivity contribution in [2.24, 2.45) is 0 Å². The highest BCUT2D eigenvalue weighted by atomic mass is 35.5. The maximum absolute atomic E-state index is 11.9. The summed E-state index contributed by atoms with van der Waals surface area (Å²) < 4.78 is 27.8. The maximum Gasteiger partial charge on any atom is 0.420 e. The molecule has 0 radical (unpaired) electrons. The molecule has 0 N–H and O–H groups in total. The van der Waals surface area contributed by atoms with Gasteiger partial charge in [0.25, 0.3) is 0 Å². The van der Waals surface area contributed by atoms with E-state index in [-0.39, 0.29) is 5.88 Å². The fourth-order valence-corrected chi connectivity index (χ4v) is 3.90. The summed E-state index contributed by atoms with van der Waals surface area (Å²) in [6.45, 7) is -3.25. The van der Waals surface area contributed by atoms with Gasteiger partial charge in [-0.1, -0.05) is 11.6 Å². The van der Waals surface area contributed by atoms with Crippen LogP contribution < -0.4 is 5.76 Å². The summed E-state index contributed by atoms with van der Waals surface area (Å²) in [5, 5.41) is 0.480. The van der Waals surface area contributed by atoms with Crippen LogP contribution in [0.2, 0.25) is 5.02 Å². The molecule has 0 saturated carbocycles. The molecule has 0 aliphatic carbocycles. The first-order valence-corrected chi connectivity index (χ1v) is 8.65. The summed E-state index contributed by atoms with van der Waals surface area (Å²) in [4.78, 5) is 11.7. The normalized spacial score (nSPS) is 12.2. The van der Waals surface area contributed by atoms with E-state index in [0.717, 1.165) is 11.4 Å². The number of halogens is 1. The average molecular weight is 324 g/mol. The van der Waals surface area contributed by atoms with Gasteiger partial charge in [0.15, 0.2) is 5.58 Å². The van der Waals surface area contributed by atoms with Gasteiger partial charge in [-0.2, -0.15) is 0 Å². The van der Waals surface area contributed by atoms with Crippen molar-refractivity contribution in [2.75, 3.05) is 14.2 Å². The maximum atomic E-state index is 11.9. The van der Waals surface area contributed by atoms with Crippen molar-refractivity contribution in [3.63, 3.8) is 0 Å². The van der Waals surface area contributed by atoms with Gasteiger partial charge in [0, 0.05) is 19.2 Å². The fourth-order valence-electron chi connectivity index (χ4n) is 1.47. The van der Waals surface area contributed by atoms with Crippen molar-refractivity contribution in [1.82, 2.24) is 4.57 Å². The Hall–Kier alpha value is -0.720. The Morgan fingerprint density at radius 3 is 2.74 bits per heavy atom. The van der Waals surface area contributed by atoms with Crippen molar-refractivity contribution in [3.05, 3.63) is 33.8 Å². The highest BCUT2D eigenvalue weighted by Crippen LogP contribution is 2.59. The minimum absolute atomic E-state index is 0.0745. The van der Waals surface area contributed by atoms with Crippen LogP contribution in [0.5, 0.6) is 0 Å². The summed E-state index contributed by atoms with van der Waals surface area (Å²) in [5.41, 5.74) is 0.948. The van der Waals surface area contributed by atoms with Crippen molar-refractivity contribution >= 4 is 40.9 Å². The van der Waals surface area contributed by atoms with E-state index in [1.807, 2.05) is 0 Å². The van der Waals surface area contributed by atoms with Gasteiger partial charge in [0.2, 0.25) is 0 Å². The molecule has 0 atom stereocenters. The number of nitrogens with zero attached hydrogens (tertiary/aromatic N) is 1. The van der Waals surface area contributed by atoms with E-state index in [2.05, 4.69) is 0 Å². The summed E-state index contributed by atoms with van der Waals surface area (Å²) in [5.74, 6) is -0.478. The van der Waals surface area contributed by atoms with Gasteiger partial charge in [-0.3, -0.25) is 4.57 Å². The van der Waals surface area contributed by atoms with Gasteiger partial charge < -0.3 is 13.5 Å². The second-order valence-corrected chi connectivity index (χ2v) is 8.17. The highest BCUT2D eigenvalue weighted by molar-refractivity contribution is 8.54. The zero-order valence-corrected chi connectivity index (χ0v) is 12.6. The van der Waals surface area contributed by atoms with Gasteiger partial charge in [0.1, 0.15) is 0 Å². The monoisotopic (exact) mass is 323 g/mol. The van der Waals surface area contributed by atoms with Gasteiger partial charge in [-0.15, -0.1) is 0 Å². The standard InChI is InChI=1S/C10H11ClNO5PS/c1-15-18(14,16-2)19-6-12-8-5-7(11)3-4-9(8)17-10(12)13/h3-5H,6H2,1-2H3. The van der Waals surface area contributed by atoms with E-state index in [0.29, 0.717) is 16.1 Å². The Morgan fingerprint density at radius 2 is 2.11 bits per heavy atom. The Labute approximate surface area is 117 Å². The first-order valence-electron chi connectivity index (χ1n) is 5.14. The van der Waals surface area contributed by atoms with Crippen LogP contribution in [-0.4, -0.2) is 18.8 Å². The van der Waals surface area contributed by atoms with E-state index < -0.39 is 12.6 Å². The molecular formula is C10H11ClNO5PS. The summed E-state index contributed by atoms with van der Waals surface area (Å²) in [6, 6.07) is 4.83. The number of hydrogen-bond acceptors (Lipinski definition) is 6. The first kappa shape index (κ1) is 14.7. The van der Waals surface area contributed by atoms with Crippen LogP contribution in [0.15, 0.2) is 27.4 Å². The third-order valence-electron chi connectivity index (χ3n) is 2.42. The Kier molecular flexibility index (Phi) is 4.43. The SMILES string of the molecule is COP(=O)(OC)SCn1c(=O)oc2ccc(Cl)cc21. The largest absolute Gasteiger partial charge is 0.420 e. The van der Waals surface area contributed by atoms with Gasteiger partial charge in [-0.25, -0.2) is 9.36 Å². The topological polar surface area (TPSA) is 70.7 Å². The molecule has 0 saturated heterocycles. The van der Waals surface area contributed by atoms with E-state index in [9.17, 15) is 9.36 Å². The molecule has 9 heteroatoms. The number of oxazole rings is 1. The third-order valence-corrected chi connectivity index (χ3v) is 6.43. The van der Waals surface area contributed by atoms with Crippen molar-refractivity contribution < 1.29 is 18.0 Å². The lowest BCUT2D eigenvalue weighted by Crippen LogP contribution is -2.12. The number of benzene rings is 1. The lowest BCUT2D eigenvalue weighted by Gasteiger charge is -2.12. The smallest absolute Gasteiger partial charge is 0.408 e. The van der Waals surface area contributed by atoms with Crippen LogP contribution in [-0.2, 0) is 19.5 Å². The molecule has 1 heterocycles. The molecule has 104 valence electrons. The predicted octanol–water partition coefficient (Wildman–Crippen LogP) is 3.34. The summed E-state index contributed by atoms with van der Waals surface area (Å²) >= 11 is 6.76. The summed E-state index contributed by atoms with van der Waals surface area (Å²) in [7, 11) is 2.56. The van der Waals surface area contributed by atoms with Crippen molar-refractivity contribution in [2.45, 2.75) is 5.88 Å². The van der Waals surface area contributed by atoms with Crippen LogP contribution >= 0.6 is 29.8 Å². The molecule has 6 nitrogen and oxygen atoms in total. The Morgan fingerprint density at radius 1 is 1.42 bits per heavy atom. The van der Waals surface area contributed by atoms with Crippen LogP contribution in [0.1, 0.15) is 0 Å². The molecular weight excluding hydrogens is 313 g/mol. The van der Waals surface area contributed by atoms with E-state index in [4.69, 9.17) is 25.1 Å². The van der Waals surface area contributed by atoms with E-state index in [1.165, 1.54) is 18.8 Å². The van der Waals surface area contributed by atoms with Gasteiger partial charge >= 0.3 is 12.6 Å². The second-order valence-electron chi connectivity index (χ2n) is 3.48. The lowest BCUT2D eigenvalue weighted by molar-refractivity contribution is 0.295. The second kappa shape index (κ2) is 5.73. The lowest BCUT2D eigenvalue weighted by atomic mass is 10.3. The quantitative estimate of drug-likeness (QED) is 0.786. The number of rotatable bonds is 5. The van der Waals surface area contributed by atoms with E-state index in [1.54, 1.807) is 18.2 Å². The molecule has 1 aromatic heterocycles. The molecule has 0 fully saturated rings. The zero-order chi connectivity index (χ0) is 14.0. The zero-order valence-electron chi connectivity index (χ0n) is 10.2. The average Bonchev–Trinajstić information content (AvgIpc) is 2.71. The fraction of sp³-hybridized carbons (Fsp3) is 0.300.